The van der Waals surface area contributed by atoms with Gasteiger partial charge in [-0.15, -0.1) is 0 Å². The molecule has 2 unspecified atom stereocenters. The molecular weight excluding hydrogens is 266 g/mol. The van der Waals surface area contributed by atoms with Gasteiger partial charge in [-0.2, -0.15) is 0 Å². The SMILES string of the molecule is COCCOCCCOC1(CNC2CC2)CCCC(C)C1. The lowest BCUT2D eigenvalue weighted by Crippen LogP contribution is -2.47. The Hall–Kier alpha value is -0.160. The van der Waals surface area contributed by atoms with Gasteiger partial charge in [-0.1, -0.05) is 19.8 Å². The summed E-state index contributed by atoms with van der Waals surface area (Å²) in [6.07, 6.45) is 8.74. The average molecular weight is 299 g/mol. The molecule has 0 aromatic heterocycles. The van der Waals surface area contributed by atoms with Crippen molar-refractivity contribution in [3.8, 4) is 0 Å². The number of nitrogens with one attached hydrogen (secondary N) is 1. The highest BCUT2D eigenvalue weighted by atomic mass is 16.5. The molecule has 1 N–H and O–H groups in total. The van der Waals surface area contributed by atoms with Crippen LogP contribution in [0.3, 0.4) is 0 Å². The summed E-state index contributed by atoms with van der Waals surface area (Å²) in [4.78, 5) is 0. The van der Waals surface area contributed by atoms with Gasteiger partial charge in [0.15, 0.2) is 0 Å². The number of hydrogen-bond donors (Lipinski definition) is 1. The highest BCUT2D eigenvalue weighted by Gasteiger charge is 2.37. The van der Waals surface area contributed by atoms with E-state index in [1.165, 1.54) is 38.5 Å². The first kappa shape index (κ1) is 17.2. The predicted octanol–water partition coefficient (Wildman–Crippen LogP) is 2.76. The van der Waals surface area contributed by atoms with Crippen LogP contribution in [0, 0.1) is 5.92 Å². The van der Waals surface area contributed by atoms with Crippen LogP contribution in [0.4, 0.5) is 0 Å². The van der Waals surface area contributed by atoms with Gasteiger partial charge >= 0.3 is 0 Å². The summed E-state index contributed by atoms with van der Waals surface area (Å²) in [5, 5.41) is 3.68. The number of ether oxygens (including phenoxy) is 3. The number of rotatable bonds is 11. The summed E-state index contributed by atoms with van der Waals surface area (Å²) in [6, 6.07) is 0.764. The first-order chi connectivity index (χ1) is 10.2. The van der Waals surface area contributed by atoms with Crippen molar-refractivity contribution in [2.45, 2.75) is 63.5 Å². The van der Waals surface area contributed by atoms with E-state index in [9.17, 15) is 0 Å². The van der Waals surface area contributed by atoms with E-state index in [4.69, 9.17) is 14.2 Å². The molecule has 2 atom stereocenters. The first-order valence-electron chi connectivity index (χ1n) is 8.68. The second-order valence-corrected chi connectivity index (χ2v) is 6.85. The summed E-state index contributed by atoms with van der Waals surface area (Å²) in [6.45, 7) is 6.33. The minimum absolute atomic E-state index is 0.0762. The van der Waals surface area contributed by atoms with Crippen LogP contribution in [0.2, 0.25) is 0 Å². The Balaban J connectivity index is 1.65. The Morgan fingerprint density at radius 3 is 2.67 bits per heavy atom. The Bertz CT molecular complexity index is 283. The van der Waals surface area contributed by atoms with E-state index >= 15 is 0 Å². The van der Waals surface area contributed by atoms with Crippen LogP contribution < -0.4 is 5.32 Å². The maximum atomic E-state index is 6.35. The van der Waals surface area contributed by atoms with E-state index in [1.54, 1.807) is 7.11 Å². The van der Waals surface area contributed by atoms with Gasteiger partial charge in [-0.25, -0.2) is 0 Å². The lowest BCUT2D eigenvalue weighted by atomic mass is 9.78. The van der Waals surface area contributed by atoms with Crippen molar-refractivity contribution in [3.05, 3.63) is 0 Å². The lowest BCUT2D eigenvalue weighted by molar-refractivity contribution is -0.0847. The maximum absolute atomic E-state index is 6.35. The number of methoxy groups -OCH3 is 1. The van der Waals surface area contributed by atoms with Crippen LogP contribution in [0.25, 0.3) is 0 Å². The molecule has 2 saturated carbocycles. The van der Waals surface area contributed by atoms with Crippen molar-refractivity contribution in [1.29, 1.82) is 0 Å². The zero-order valence-corrected chi connectivity index (χ0v) is 13.9. The van der Waals surface area contributed by atoms with Gasteiger partial charge in [0.25, 0.3) is 0 Å². The number of hydrogen-bond acceptors (Lipinski definition) is 4. The van der Waals surface area contributed by atoms with Crippen LogP contribution in [0.15, 0.2) is 0 Å². The van der Waals surface area contributed by atoms with Gasteiger partial charge < -0.3 is 19.5 Å². The van der Waals surface area contributed by atoms with Crippen molar-refractivity contribution in [2.24, 2.45) is 5.92 Å². The van der Waals surface area contributed by atoms with Crippen LogP contribution in [-0.2, 0) is 14.2 Å². The normalized spacial score (nSPS) is 29.7. The molecule has 0 radical (unpaired) electrons. The predicted molar refractivity (Wildman–Crippen MR) is 84.7 cm³/mol. The van der Waals surface area contributed by atoms with Crippen LogP contribution >= 0.6 is 0 Å². The fourth-order valence-corrected chi connectivity index (χ4v) is 3.27. The molecule has 0 saturated heterocycles. The van der Waals surface area contributed by atoms with Crippen molar-refractivity contribution >= 4 is 0 Å². The molecule has 0 spiro atoms. The molecule has 2 fully saturated rings. The highest BCUT2D eigenvalue weighted by molar-refractivity contribution is 4.92. The van der Waals surface area contributed by atoms with Crippen LogP contribution in [0.1, 0.15) is 51.9 Å². The van der Waals surface area contributed by atoms with Gasteiger partial charge in [-0.05, 0) is 38.0 Å². The minimum atomic E-state index is 0.0762. The minimum Gasteiger partial charge on any atom is -0.382 e. The molecule has 4 heteroatoms. The van der Waals surface area contributed by atoms with Crippen LogP contribution in [-0.4, -0.2) is 51.7 Å². The van der Waals surface area contributed by atoms with Crippen molar-refractivity contribution < 1.29 is 14.2 Å². The lowest BCUT2D eigenvalue weighted by Gasteiger charge is -2.40. The summed E-state index contributed by atoms with van der Waals surface area (Å²) in [5.74, 6) is 0.790. The topological polar surface area (TPSA) is 39.7 Å². The van der Waals surface area contributed by atoms with E-state index in [2.05, 4.69) is 12.2 Å². The quantitative estimate of drug-likeness (QED) is 0.596. The van der Waals surface area contributed by atoms with Gasteiger partial charge in [0.05, 0.1) is 18.8 Å². The third-order valence-electron chi connectivity index (χ3n) is 4.61. The molecule has 0 aromatic rings. The molecule has 4 nitrogen and oxygen atoms in total. The zero-order chi connectivity index (χ0) is 15.0. The summed E-state index contributed by atoms with van der Waals surface area (Å²) in [5.41, 5.74) is 0.0762. The molecule has 21 heavy (non-hydrogen) atoms. The van der Waals surface area contributed by atoms with Gasteiger partial charge in [0.2, 0.25) is 0 Å². The van der Waals surface area contributed by atoms with E-state index in [0.29, 0.717) is 13.2 Å². The molecule has 2 aliphatic carbocycles. The molecule has 0 aliphatic heterocycles. The molecule has 0 heterocycles. The van der Waals surface area contributed by atoms with Gasteiger partial charge in [0, 0.05) is 32.9 Å². The second kappa shape index (κ2) is 9.09. The maximum Gasteiger partial charge on any atom is 0.0808 e. The first-order valence-corrected chi connectivity index (χ1v) is 8.68. The van der Waals surface area contributed by atoms with E-state index < -0.39 is 0 Å². The third-order valence-corrected chi connectivity index (χ3v) is 4.61. The Morgan fingerprint density at radius 1 is 1.10 bits per heavy atom. The second-order valence-electron chi connectivity index (χ2n) is 6.85. The van der Waals surface area contributed by atoms with Gasteiger partial charge in [0.1, 0.15) is 0 Å². The standard InChI is InChI=1S/C17H33NO3/c1-15-5-3-8-17(13-15,14-18-16-6-7-16)21-10-4-9-20-12-11-19-2/h15-16,18H,3-14H2,1-2H3. The zero-order valence-electron chi connectivity index (χ0n) is 13.9. The monoisotopic (exact) mass is 299 g/mol. The summed E-state index contributed by atoms with van der Waals surface area (Å²) < 4.78 is 16.8. The van der Waals surface area contributed by atoms with E-state index in [-0.39, 0.29) is 5.60 Å². The molecular formula is C17H33NO3. The van der Waals surface area contributed by atoms with E-state index in [0.717, 1.165) is 38.1 Å². The van der Waals surface area contributed by atoms with Crippen molar-refractivity contribution in [1.82, 2.24) is 5.32 Å². The van der Waals surface area contributed by atoms with Crippen molar-refractivity contribution in [2.75, 3.05) is 40.1 Å². The fourth-order valence-electron chi connectivity index (χ4n) is 3.27. The highest BCUT2D eigenvalue weighted by Crippen LogP contribution is 2.35. The molecule has 0 aromatic carbocycles. The summed E-state index contributed by atoms with van der Waals surface area (Å²) in [7, 11) is 1.70. The third kappa shape index (κ3) is 6.64. The molecule has 0 amide bonds. The van der Waals surface area contributed by atoms with Crippen LogP contribution in [0.5, 0.6) is 0 Å². The molecule has 2 rings (SSSR count). The fraction of sp³-hybridized carbons (Fsp3) is 1.00. The van der Waals surface area contributed by atoms with Gasteiger partial charge in [-0.3, -0.25) is 0 Å². The van der Waals surface area contributed by atoms with E-state index in [1.807, 2.05) is 0 Å². The Labute approximate surface area is 129 Å². The summed E-state index contributed by atoms with van der Waals surface area (Å²) >= 11 is 0. The van der Waals surface area contributed by atoms with Crippen molar-refractivity contribution in [3.63, 3.8) is 0 Å². The molecule has 2 aliphatic rings. The smallest absolute Gasteiger partial charge is 0.0808 e. The molecule has 124 valence electrons. The Morgan fingerprint density at radius 2 is 1.95 bits per heavy atom. The Kier molecular flexibility index (Phi) is 7.44. The largest absolute Gasteiger partial charge is 0.382 e. The molecule has 0 bridgehead atoms. The average Bonchev–Trinajstić information content (AvgIpc) is 3.29.